The van der Waals surface area contributed by atoms with E-state index in [4.69, 9.17) is 5.73 Å². The first-order valence-corrected chi connectivity index (χ1v) is 8.63. The van der Waals surface area contributed by atoms with Crippen LogP contribution in [0.4, 0.5) is 5.69 Å². The summed E-state index contributed by atoms with van der Waals surface area (Å²) >= 11 is 0. The fraction of sp³-hybridized carbons (Fsp3) is 0.600. The second-order valence-corrected chi connectivity index (χ2v) is 7.94. The lowest BCUT2D eigenvalue weighted by atomic mass is 10.0. The third-order valence-electron chi connectivity index (χ3n) is 3.22. The molecule has 0 fully saturated rings. The predicted octanol–water partition coefficient (Wildman–Crippen LogP) is 1.83. The van der Waals surface area contributed by atoms with E-state index in [-0.39, 0.29) is 10.9 Å². The van der Waals surface area contributed by atoms with E-state index >= 15 is 0 Å². The smallest absolute Gasteiger partial charge is 0.240 e. The average Bonchev–Trinajstić information content (AvgIpc) is 2.29. The fourth-order valence-electron chi connectivity index (χ4n) is 2.24. The lowest BCUT2D eigenvalue weighted by molar-refractivity contribution is 0.329. The van der Waals surface area contributed by atoms with Gasteiger partial charge in [-0.1, -0.05) is 19.9 Å². The first-order valence-electron chi connectivity index (χ1n) is 7.15. The van der Waals surface area contributed by atoms with E-state index in [0.717, 1.165) is 12.0 Å². The molecule has 0 aliphatic rings. The van der Waals surface area contributed by atoms with Gasteiger partial charge < -0.3 is 10.6 Å². The van der Waals surface area contributed by atoms with Crippen LogP contribution < -0.4 is 10.5 Å². The molecule has 21 heavy (non-hydrogen) atoms. The van der Waals surface area contributed by atoms with Crippen LogP contribution in [0, 0.1) is 12.8 Å². The van der Waals surface area contributed by atoms with Gasteiger partial charge in [0.1, 0.15) is 0 Å². The molecule has 1 rings (SSSR count). The lowest BCUT2D eigenvalue weighted by Gasteiger charge is -2.24. The van der Waals surface area contributed by atoms with Gasteiger partial charge in [0.05, 0.1) is 4.90 Å². The maximum atomic E-state index is 12.5. The molecule has 0 saturated heterocycles. The van der Waals surface area contributed by atoms with Crippen molar-refractivity contribution < 1.29 is 8.42 Å². The molecule has 0 spiro atoms. The molecule has 120 valence electrons. The molecule has 1 atom stereocenters. The van der Waals surface area contributed by atoms with E-state index in [0.29, 0.717) is 18.2 Å². The van der Waals surface area contributed by atoms with E-state index < -0.39 is 10.0 Å². The minimum Gasteiger partial charge on any atom is -0.398 e. The van der Waals surface area contributed by atoms with Crippen LogP contribution in [-0.2, 0) is 10.0 Å². The van der Waals surface area contributed by atoms with Crippen molar-refractivity contribution >= 4 is 15.7 Å². The Bertz CT molecular complexity index is 558. The minimum absolute atomic E-state index is 0.118. The van der Waals surface area contributed by atoms with Crippen molar-refractivity contribution in [1.29, 1.82) is 0 Å². The molecule has 0 heterocycles. The monoisotopic (exact) mass is 313 g/mol. The Morgan fingerprint density at radius 1 is 1.29 bits per heavy atom. The standard InChI is InChI=1S/C15H27N3O2S/c1-11(2)8-13(10-18(4)5)17-21(19,20)14-7-6-12(3)15(16)9-14/h6-7,9,11,13,17H,8,10,16H2,1-5H3. The molecule has 0 radical (unpaired) electrons. The summed E-state index contributed by atoms with van der Waals surface area (Å²) in [5, 5.41) is 0. The molecule has 0 saturated carbocycles. The highest BCUT2D eigenvalue weighted by Crippen LogP contribution is 2.18. The summed E-state index contributed by atoms with van der Waals surface area (Å²) in [6, 6.07) is 4.72. The summed E-state index contributed by atoms with van der Waals surface area (Å²) in [7, 11) is 0.325. The van der Waals surface area contributed by atoms with Gasteiger partial charge >= 0.3 is 0 Å². The maximum absolute atomic E-state index is 12.5. The Hall–Kier alpha value is -1.11. The molecule has 0 bridgehead atoms. The summed E-state index contributed by atoms with van der Waals surface area (Å²) < 4.78 is 27.8. The van der Waals surface area contributed by atoms with Crippen LogP contribution in [0.25, 0.3) is 0 Å². The van der Waals surface area contributed by atoms with Crippen molar-refractivity contribution in [3.63, 3.8) is 0 Å². The fourth-order valence-corrected chi connectivity index (χ4v) is 3.52. The maximum Gasteiger partial charge on any atom is 0.240 e. The number of sulfonamides is 1. The number of likely N-dealkylation sites (N-methyl/N-ethyl adjacent to an activating group) is 1. The number of aryl methyl sites for hydroxylation is 1. The van der Waals surface area contributed by atoms with Crippen molar-refractivity contribution in [2.75, 3.05) is 26.4 Å². The molecule has 0 aliphatic heterocycles. The Labute approximate surface area is 128 Å². The topological polar surface area (TPSA) is 75.4 Å². The van der Waals surface area contributed by atoms with E-state index in [1.54, 1.807) is 12.1 Å². The first kappa shape index (κ1) is 17.9. The molecule has 1 unspecified atom stereocenters. The van der Waals surface area contributed by atoms with Gasteiger partial charge in [-0.25, -0.2) is 13.1 Å². The molecule has 0 amide bonds. The summed E-state index contributed by atoms with van der Waals surface area (Å²) in [5.74, 6) is 0.417. The summed E-state index contributed by atoms with van der Waals surface area (Å²) in [5.41, 5.74) is 7.18. The number of hydrogen-bond donors (Lipinski definition) is 2. The Morgan fingerprint density at radius 3 is 2.38 bits per heavy atom. The molecule has 0 aliphatic carbocycles. The summed E-state index contributed by atoms with van der Waals surface area (Å²) in [4.78, 5) is 2.21. The van der Waals surface area contributed by atoms with E-state index in [1.165, 1.54) is 6.07 Å². The molecule has 6 heteroatoms. The predicted molar refractivity (Wildman–Crippen MR) is 87.7 cm³/mol. The Balaban J connectivity index is 2.96. The van der Waals surface area contributed by atoms with Gasteiger partial charge in [-0.3, -0.25) is 0 Å². The van der Waals surface area contributed by atoms with Crippen LogP contribution in [0.1, 0.15) is 25.8 Å². The third-order valence-corrected chi connectivity index (χ3v) is 4.74. The van der Waals surface area contributed by atoms with Gasteiger partial charge in [-0.15, -0.1) is 0 Å². The van der Waals surface area contributed by atoms with Gasteiger partial charge in [-0.2, -0.15) is 0 Å². The number of nitrogens with one attached hydrogen (secondary N) is 1. The summed E-state index contributed by atoms with van der Waals surface area (Å²) in [6.45, 7) is 6.69. The highest BCUT2D eigenvalue weighted by atomic mass is 32.2. The molecular formula is C15H27N3O2S. The molecule has 1 aromatic rings. The van der Waals surface area contributed by atoms with Crippen LogP contribution in [-0.4, -0.2) is 40.0 Å². The van der Waals surface area contributed by atoms with Gasteiger partial charge in [0, 0.05) is 18.3 Å². The zero-order valence-electron chi connectivity index (χ0n) is 13.6. The number of rotatable bonds is 7. The van der Waals surface area contributed by atoms with E-state index in [9.17, 15) is 8.42 Å². The van der Waals surface area contributed by atoms with Crippen molar-refractivity contribution in [3.8, 4) is 0 Å². The zero-order chi connectivity index (χ0) is 16.2. The van der Waals surface area contributed by atoms with Gasteiger partial charge in [0.2, 0.25) is 10.0 Å². The van der Waals surface area contributed by atoms with Crippen LogP contribution in [0.3, 0.4) is 0 Å². The van der Waals surface area contributed by atoms with Crippen molar-refractivity contribution in [2.45, 2.75) is 38.1 Å². The van der Waals surface area contributed by atoms with Crippen LogP contribution in [0.15, 0.2) is 23.1 Å². The number of nitrogens with two attached hydrogens (primary N) is 1. The van der Waals surface area contributed by atoms with Gasteiger partial charge in [-0.05, 0) is 51.1 Å². The Kier molecular flexibility index (Phi) is 6.19. The van der Waals surface area contributed by atoms with Crippen molar-refractivity contribution in [2.24, 2.45) is 5.92 Å². The summed E-state index contributed by atoms with van der Waals surface area (Å²) in [6.07, 6.45) is 0.790. The van der Waals surface area contributed by atoms with Crippen LogP contribution in [0.5, 0.6) is 0 Å². The quantitative estimate of drug-likeness (QED) is 0.753. The highest BCUT2D eigenvalue weighted by Gasteiger charge is 2.21. The van der Waals surface area contributed by atoms with E-state index in [2.05, 4.69) is 18.6 Å². The normalized spacial score (nSPS) is 13.9. The number of nitrogens with zero attached hydrogens (tertiary/aromatic N) is 1. The second kappa shape index (κ2) is 7.24. The number of anilines is 1. The highest BCUT2D eigenvalue weighted by molar-refractivity contribution is 7.89. The number of benzene rings is 1. The Morgan fingerprint density at radius 2 is 1.90 bits per heavy atom. The SMILES string of the molecule is Cc1ccc(S(=O)(=O)NC(CC(C)C)CN(C)C)cc1N. The largest absolute Gasteiger partial charge is 0.398 e. The lowest BCUT2D eigenvalue weighted by Crippen LogP contribution is -2.42. The van der Waals surface area contributed by atoms with Crippen molar-refractivity contribution in [3.05, 3.63) is 23.8 Å². The van der Waals surface area contributed by atoms with Crippen LogP contribution >= 0.6 is 0 Å². The van der Waals surface area contributed by atoms with E-state index in [1.807, 2.05) is 25.9 Å². The average molecular weight is 313 g/mol. The molecule has 0 aromatic heterocycles. The minimum atomic E-state index is -3.55. The number of hydrogen-bond acceptors (Lipinski definition) is 4. The number of nitrogen functional groups attached to an aromatic ring is 1. The van der Waals surface area contributed by atoms with Gasteiger partial charge in [0.15, 0.2) is 0 Å². The molecular weight excluding hydrogens is 286 g/mol. The van der Waals surface area contributed by atoms with Gasteiger partial charge in [0.25, 0.3) is 0 Å². The second-order valence-electron chi connectivity index (χ2n) is 6.23. The van der Waals surface area contributed by atoms with Crippen LogP contribution in [0.2, 0.25) is 0 Å². The molecule has 3 N–H and O–H groups in total. The zero-order valence-corrected chi connectivity index (χ0v) is 14.4. The first-order chi connectivity index (χ1) is 9.61. The third kappa shape index (κ3) is 5.65. The molecule has 1 aromatic carbocycles. The van der Waals surface area contributed by atoms with Crippen molar-refractivity contribution in [1.82, 2.24) is 9.62 Å². The molecule has 5 nitrogen and oxygen atoms in total.